The monoisotopic (exact) mass is 442 g/mol. The summed E-state index contributed by atoms with van der Waals surface area (Å²) in [4.78, 5) is 53.1. The van der Waals surface area contributed by atoms with Crippen molar-refractivity contribution >= 4 is 23.5 Å². The number of ether oxygens (including phenoxy) is 4. The highest BCUT2D eigenvalue weighted by Gasteiger charge is 2.77. The molecule has 1 spiro atoms. The molecule has 0 aromatic heterocycles. The molecule has 4 fully saturated rings. The van der Waals surface area contributed by atoms with Crippen molar-refractivity contribution < 1.29 is 38.1 Å². The molecule has 8 heteroatoms. The lowest BCUT2D eigenvalue weighted by atomic mass is 9.45. The normalized spacial score (nSPS) is 50.3. The first-order valence-corrected chi connectivity index (χ1v) is 11.1. The Hall–Kier alpha value is -2.32. The molecule has 4 heterocycles. The molecule has 2 aliphatic carbocycles. The van der Waals surface area contributed by atoms with Gasteiger partial charge in [0.2, 0.25) is 6.29 Å². The highest BCUT2D eigenvalue weighted by atomic mass is 16.7. The number of carbonyl (C=O) groups is 4. The molecule has 8 nitrogen and oxygen atoms in total. The zero-order valence-corrected chi connectivity index (χ0v) is 18.7. The summed E-state index contributed by atoms with van der Waals surface area (Å²) in [6.07, 6.45) is 1.58. The zero-order chi connectivity index (χ0) is 23.0. The number of hydrogen-bond donors (Lipinski definition) is 0. The van der Waals surface area contributed by atoms with E-state index < -0.39 is 64.1 Å². The Morgan fingerprint density at radius 3 is 2.34 bits per heavy atom. The average molecular weight is 442 g/mol. The maximum Gasteiger partial charge on any atom is 0.332 e. The number of fused-ring (bicyclic) bond motifs is 5. The van der Waals surface area contributed by atoms with Gasteiger partial charge in [0.05, 0.1) is 12.0 Å². The summed E-state index contributed by atoms with van der Waals surface area (Å²) in [5.41, 5.74) is -2.88. The van der Waals surface area contributed by atoms with Crippen molar-refractivity contribution in [1.29, 1.82) is 0 Å². The SMILES string of the molecule is C[C@H]1O[C@H]2OC(=O)[C@]3(C)C[C@@H]4[C@](C)(C(=O)C=C5C(=CC(=O)OC5(C)C)[C@@]45CO5)[C@@H](C1=O)[C@H]23. The first-order valence-electron chi connectivity index (χ1n) is 11.1. The topological polar surface area (TPSA) is 108 Å². The number of hydrogen-bond acceptors (Lipinski definition) is 8. The van der Waals surface area contributed by atoms with Crippen molar-refractivity contribution in [1.82, 2.24) is 0 Å². The quantitative estimate of drug-likeness (QED) is 0.412. The number of ketones is 2. The van der Waals surface area contributed by atoms with Crippen LogP contribution in [0.25, 0.3) is 0 Å². The van der Waals surface area contributed by atoms with Crippen molar-refractivity contribution in [3.8, 4) is 0 Å². The van der Waals surface area contributed by atoms with E-state index in [0.29, 0.717) is 24.2 Å². The summed E-state index contributed by atoms with van der Waals surface area (Å²) >= 11 is 0. The summed E-state index contributed by atoms with van der Waals surface area (Å²) in [5.74, 6) is -3.14. The smallest absolute Gasteiger partial charge is 0.332 e. The van der Waals surface area contributed by atoms with Crippen LogP contribution in [-0.2, 0) is 38.1 Å². The van der Waals surface area contributed by atoms with Crippen LogP contribution in [0.1, 0.15) is 41.0 Å². The third-order valence-corrected chi connectivity index (χ3v) is 8.96. The lowest BCUT2D eigenvalue weighted by molar-refractivity contribution is -0.221. The summed E-state index contributed by atoms with van der Waals surface area (Å²) in [5, 5.41) is 0. The minimum absolute atomic E-state index is 0.198. The summed E-state index contributed by atoms with van der Waals surface area (Å²) in [7, 11) is 0. The van der Waals surface area contributed by atoms with Gasteiger partial charge in [0.1, 0.15) is 17.3 Å². The van der Waals surface area contributed by atoms with Crippen LogP contribution >= 0.6 is 0 Å². The lowest BCUT2D eigenvalue weighted by Crippen LogP contribution is -2.65. The Labute approximate surface area is 185 Å². The third-order valence-electron chi connectivity index (χ3n) is 8.96. The number of epoxide rings is 1. The molecule has 6 rings (SSSR count). The lowest BCUT2D eigenvalue weighted by Gasteiger charge is -2.56. The van der Waals surface area contributed by atoms with E-state index in [1.165, 1.54) is 12.2 Å². The number of cyclic esters (lactones) is 1. The average Bonchev–Trinajstić information content (AvgIpc) is 3.45. The van der Waals surface area contributed by atoms with Crippen LogP contribution < -0.4 is 0 Å². The molecule has 32 heavy (non-hydrogen) atoms. The van der Waals surface area contributed by atoms with E-state index in [2.05, 4.69) is 0 Å². The van der Waals surface area contributed by atoms with Crippen molar-refractivity contribution in [3.05, 3.63) is 23.3 Å². The first kappa shape index (κ1) is 20.3. The summed E-state index contributed by atoms with van der Waals surface area (Å²) < 4.78 is 23.0. The van der Waals surface area contributed by atoms with Gasteiger partial charge in [0.15, 0.2) is 11.6 Å². The highest BCUT2D eigenvalue weighted by molar-refractivity contribution is 6.04. The van der Waals surface area contributed by atoms with Gasteiger partial charge in [0.25, 0.3) is 0 Å². The second kappa shape index (κ2) is 5.59. The highest BCUT2D eigenvalue weighted by Crippen LogP contribution is 2.69. The van der Waals surface area contributed by atoms with Crippen molar-refractivity contribution in [2.75, 3.05) is 6.61 Å². The van der Waals surface area contributed by atoms with Crippen molar-refractivity contribution in [2.24, 2.45) is 28.6 Å². The van der Waals surface area contributed by atoms with Crippen LogP contribution in [0.15, 0.2) is 23.3 Å². The Balaban J connectivity index is 1.62. The van der Waals surface area contributed by atoms with Gasteiger partial charge in [0, 0.05) is 40.4 Å². The van der Waals surface area contributed by atoms with Crippen LogP contribution in [0, 0.1) is 28.6 Å². The van der Waals surface area contributed by atoms with Gasteiger partial charge in [-0.25, -0.2) is 4.79 Å². The van der Waals surface area contributed by atoms with E-state index in [0.717, 1.165) is 0 Å². The number of rotatable bonds is 0. The minimum Gasteiger partial charge on any atom is -0.452 e. The van der Waals surface area contributed by atoms with Crippen molar-refractivity contribution in [3.63, 3.8) is 0 Å². The first-order chi connectivity index (χ1) is 14.9. The number of allylic oxidation sites excluding steroid dienone is 1. The number of carbonyl (C=O) groups excluding carboxylic acids is 4. The fraction of sp³-hybridized carbons (Fsp3) is 0.667. The summed E-state index contributed by atoms with van der Waals surface area (Å²) in [6.45, 7) is 9.04. The molecule has 0 N–H and O–H groups in total. The minimum atomic E-state index is -1.15. The zero-order valence-electron chi connectivity index (χ0n) is 18.7. The Bertz CT molecular complexity index is 1080. The van der Waals surface area contributed by atoms with Crippen LogP contribution in [0.5, 0.6) is 0 Å². The van der Waals surface area contributed by atoms with E-state index in [1.807, 2.05) is 6.92 Å². The second-order valence-electron chi connectivity index (χ2n) is 11.0. The van der Waals surface area contributed by atoms with Gasteiger partial charge in [-0.2, -0.15) is 0 Å². The third kappa shape index (κ3) is 2.11. The van der Waals surface area contributed by atoms with Gasteiger partial charge in [-0.15, -0.1) is 0 Å². The fourth-order valence-corrected chi connectivity index (χ4v) is 7.17. The standard InChI is InChI=1S/C24H26O8/c1-10-18(27)16-17-19(30-10)31-20(28)22(17,4)8-13-23(16,5)14(25)6-11-12(24(13)9-29-24)7-15(26)32-21(11,2)3/h6-7,10,13,16-17,19H,8-9H2,1-5H3/t10-,13-,16-,17-,19+,22-,23-,24+/m1/s1. The molecule has 0 unspecified atom stereocenters. The van der Waals surface area contributed by atoms with Gasteiger partial charge in [-0.05, 0) is 40.2 Å². The molecule has 0 bridgehead atoms. The van der Waals surface area contributed by atoms with Crippen LogP contribution in [0.3, 0.4) is 0 Å². The van der Waals surface area contributed by atoms with E-state index in [-0.39, 0.29) is 11.6 Å². The number of esters is 2. The van der Waals surface area contributed by atoms with Crippen LogP contribution in [0.4, 0.5) is 0 Å². The molecular weight excluding hydrogens is 416 g/mol. The van der Waals surface area contributed by atoms with Gasteiger partial charge < -0.3 is 18.9 Å². The van der Waals surface area contributed by atoms with Gasteiger partial charge in [-0.3, -0.25) is 14.4 Å². The molecule has 4 aliphatic heterocycles. The maximum atomic E-state index is 14.0. The maximum absolute atomic E-state index is 14.0. The van der Waals surface area contributed by atoms with E-state index >= 15 is 0 Å². The van der Waals surface area contributed by atoms with E-state index in [4.69, 9.17) is 18.9 Å². The molecule has 6 aliphatic rings. The van der Waals surface area contributed by atoms with Gasteiger partial charge in [-0.1, -0.05) is 6.92 Å². The predicted octanol–water partition coefficient (Wildman–Crippen LogP) is 1.66. The summed E-state index contributed by atoms with van der Waals surface area (Å²) in [6, 6.07) is 0. The molecule has 0 radical (unpaired) electrons. The molecular formula is C24H26O8. The van der Waals surface area contributed by atoms with Crippen molar-refractivity contribution in [2.45, 2.75) is 64.6 Å². The molecule has 170 valence electrons. The molecule has 1 saturated carbocycles. The van der Waals surface area contributed by atoms with Crippen LogP contribution in [-0.4, -0.2) is 53.7 Å². The van der Waals surface area contributed by atoms with E-state index in [1.54, 1.807) is 27.7 Å². The molecule has 0 aromatic rings. The number of Topliss-reactive ketones (excluding diaryl/α,β-unsaturated/α-hetero) is 1. The fourth-order valence-electron chi connectivity index (χ4n) is 7.17. The Morgan fingerprint density at radius 2 is 1.69 bits per heavy atom. The predicted molar refractivity (Wildman–Crippen MR) is 107 cm³/mol. The molecule has 8 atom stereocenters. The largest absolute Gasteiger partial charge is 0.452 e. The molecule has 0 amide bonds. The Kier molecular flexibility index (Phi) is 3.55. The van der Waals surface area contributed by atoms with E-state index in [9.17, 15) is 19.2 Å². The second-order valence-corrected chi connectivity index (χ2v) is 11.0. The molecule has 0 aromatic carbocycles. The molecule has 3 saturated heterocycles. The Morgan fingerprint density at radius 1 is 1.00 bits per heavy atom. The van der Waals surface area contributed by atoms with Gasteiger partial charge >= 0.3 is 11.9 Å². The van der Waals surface area contributed by atoms with Crippen LogP contribution in [0.2, 0.25) is 0 Å².